The molecule has 1 fully saturated rings. The van der Waals surface area contributed by atoms with E-state index >= 15 is 0 Å². The maximum atomic E-state index is 12.3. The molecule has 0 atom stereocenters. The molecule has 6 heteroatoms. The van der Waals surface area contributed by atoms with Gasteiger partial charge in [0.2, 0.25) is 0 Å². The van der Waals surface area contributed by atoms with Crippen molar-refractivity contribution in [1.29, 1.82) is 0 Å². The van der Waals surface area contributed by atoms with Gasteiger partial charge in [0.1, 0.15) is 5.54 Å². The highest BCUT2D eigenvalue weighted by Crippen LogP contribution is 2.32. The highest BCUT2D eigenvalue weighted by atomic mass is 16.4. The Kier molecular flexibility index (Phi) is 5.80. The van der Waals surface area contributed by atoms with Gasteiger partial charge in [-0.1, -0.05) is 6.92 Å². The third-order valence-electron chi connectivity index (χ3n) is 4.11. The van der Waals surface area contributed by atoms with Crippen LogP contribution in [0.2, 0.25) is 0 Å². The van der Waals surface area contributed by atoms with Crippen LogP contribution in [0, 0.1) is 5.92 Å². The van der Waals surface area contributed by atoms with Crippen molar-refractivity contribution >= 4 is 12.0 Å². The minimum atomic E-state index is -1.16. The predicted octanol–water partition coefficient (Wildman–Crippen LogP) is 1.43. The summed E-state index contributed by atoms with van der Waals surface area (Å²) in [6.07, 6.45) is 2.52. The normalized spacial score (nSPS) is 26.4. The fraction of sp³-hybridized carbons (Fsp3) is 0.857. The number of hydrogen-bond acceptors (Lipinski definition) is 3. The summed E-state index contributed by atoms with van der Waals surface area (Å²) in [5.41, 5.74) is -1.16. The Balaban J connectivity index is 2.80. The number of carbonyl (C=O) groups excluding carboxylic acids is 1. The Morgan fingerprint density at radius 3 is 2.30 bits per heavy atom. The van der Waals surface area contributed by atoms with Crippen LogP contribution in [0.25, 0.3) is 0 Å². The lowest BCUT2D eigenvalue weighted by Gasteiger charge is -2.38. The van der Waals surface area contributed by atoms with Gasteiger partial charge >= 0.3 is 12.0 Å². The second-order valence-electron chi connectivity index (χ2n) is 6.01. The molecule has 0 saturated heterocycles. The number of carboxylic acids is 1. The lowest BCUT2D eigenvalue weighted by atomic mass is 9.77. The molecule has 3 N–H and O–H groups in total. The summed E-state index contributed by atoms with van der Waals surface area (Å²) < 4.78 is 0. The first-order valence-electron chi connectivity index (χ1n) is 7.25. The van der Waals surface area contributed by atoms with Gasteiger partial charge in [-0.05, 0) is 45.4 Å². The van der Waals surface area contributed by atoms with Crippen LogP contribution in [0.4, 0.5) is 4.79 Å². The van der Waals surface area contributed by atoms with Gasteiger partial charge in [0.05, 0.1) is 6.61 Å². The number of carboxylic acid groups (broad SMARTS) is 1. The number of aliphatic carboxylic acids is 1. The van der Waals surface area contributed by atoms with E-state index in [1.807, 2.05) is 13.8 Å². The number of nitrogens with one attached hydrogen (secondary N) is 1. The van der Waals surface area contributed by atoms with Gasteiger partial charge in [-0.2, -0.15) is 0 Å². The largest absolute Gasteiger partial charge is 0.480 e. The number of nitrogens with zero attached hydrogens (tertiary/aromatic N) is 1. The molecule has 0 radical (unpaired) electrons. The maximum Gasteiger partial charge on any atom is 0.329 e. The van der Waals surface area contributed by atoms with Crippen LogP contribution in [0.15, 0.2) is 0 Å². The second kappa shape index (κ2) is 6.92. The molecule has 0 heterocycles. The lowest BCUT2D eigenvalue weighted by molar-refractivity contribution is -0.146. The second-order valence-corrected chi connectivity index (χ2v) is 6.01. The van der Waals surface area contributed by atoms with E-state index in [0.29, 0.717) is 18.8 Å². The number of rotatable bonds is 5. The van der Waals surface area contributed by atoms with Crippen LogP contribution in [-0.4, -0.2) is 51.8 Å². The quantitative estimate of drug-likeness (QED) is 0.713. The SMILES string of the molecule is CC1CCC(NC(=O)N(CCO)C(C)C)(C(=O)O)CC1. The Labute approximate surface area is 120 Å². The third kappa shape index (κ3) is 3.85. The van der Waals surface area contributed by atoms with Crippen LogP contribution in [0.5, 0.6) is 0 Å². The first-order chi connectivity index (χ1) is 9.32. The van der Waals surface area contributed by atoms with Crippen molar-refractivity contribution in [3.05, 3.63) is 0 Å². The summed E-state index contributed by atoms with van der Waals surface area (Å²) in [6.45, 7) is 5.84. The van der Waals surface area contributed by atoms with Gasteiger partial charge in [-0.25, -0.2) is 9.59 Å². The van der Waals surface area contributed by atoms with Gasteiger partial charge in [0.15, 0.2) is 0 Å². The standard InChI is InChI=1S/C14H26N2O4/c1-10(2)16(8-9-17)13(20)15-14(12(18)19)6-4-11(3)5-7-14/h10-11,17H,4-9H2,1-3H3,(H,15,20)(H,18,19). The third-order valence-corrected chi connectivity index (χ3v) is 4.11. The molecule has 116 valence electrons. The first kappa shape index (κ1) is 16.8. The number of hydrogen-bond donors (Lipinski definition) is 3. The zero-order valence-electron chi connectivity index (χ0n) is 12.6. The van der Waals surface area contributed by atoms with Gasteiger partial charge in [0.25, 0.3) is 0 Å². The Morgan fingerprint density at radius 2 is 1.90 bits per heavy atom. The molecule has 6 nitrogen and oxygen atoms in total. The molecule has 1 rings (SSSR count). The summed E-state index contributed by atoms with van der Waals surface area (Å²) in [6, 6.07) is -0.499. The van der Waals surface area contributed by atoms with Crippen LogP contribution in [0.3, 0.4) is 0 Å². The predicted molar refractivity (Wildman–Crippen MR) is 75.5 cm³/mol. The van der Waals surface area contributed by atoms with Crippen LogP contribution >= 0.6 is 0 Å². The number of urea groups is 1. The number of aliphatic hydroxyl groups is 1. The number of amides is 2. The van der Waals surface area contributed by atoms with E-state index in [2.05, 4.69) is 12.2 Å². The molecule has 0 aromatic heterocycles. The van der Waals surface area contributed by atoms with E-state index in [0.717, 1.165) is 12.8 Å². The van der Waals surface area contributed by atoms with E-state index in [-0.39, 0.29) is 19.2 Å². The van der Waals surface area contributed by atoms with E-state index in [1.165, 1.54) is 4.90 Å². The molecular formula is C14H26N2O4. The number of carbonyl (C=O) groups is 2. The highest BCUT2D eigenvalue weighted by molar-refractivity contribution is 5.86. The van der Waals surface area contributed by atoms with Crippen molar-refractivity contribution in [1.82, 2.24) is 10.2 Å². The van der Waals surface area contributed by atoms with Crippen molar-refractivity contribution in [2.75, 3.05) is 13.2 Å². The zero-order chi connectivity index (χ0) is 15.3. The lowest BCUT2D eigenvalue weighted by Crippen LogP contribution is -2.60. The molecule has 0 aliphatic heterocycles. The van der Waals surface area contributed by atoms with E-state index in [4.69, 9.17) is 5.11 Å². The zero-order valence-corrected chi connectivity index (χ0v) is 12.6. The minimum absolute atomic E-state index is 0.0875. The smallest absolute Gasteiger partial charge is 0.329 e. The van der Waals surface area contributed by atoms with Gasteiger partial charge < -0.3 is 20.4 Å². The van der Waals surface area contributed by atoms with Crippen molar-refractivity contribution < 1.29 is 19.8 Å². The Bertz CT molecular complexity index is 349. The fourth-order valence-electron chi connectivity index (χ4n) is 2.63. The summed E-state index contributed by atoms with van der Waals surface area (Å²) in [5.74, 6) is -0.469. The van der Waals surface area contributed by atoms with Gasteiger partial charge in [-0.3, -0.25) is 0 Å². The Morgan fingerprint density at radius 1 is 1.35 bits per heavy atom. The van der Waals surface area contributed by atoms with E-state index in [1.54, 1.807) is 0 Å². The van der Waals surface area contributed by atoms with E-state index < -0.39 is 17.5 Å². The van der Waals surface area contributed by atoms with Crippen molar-refractivity contribution in [3.63, 3.8) is 0 Å². The molecule has 1 aliphatic carbocycles. The monoisotopic (exact) mass is 286 g/mol. The molecule has 0 bridgehead atoms. The van der Waals surface area contributed by atoms with E-state index in [9.17, 15) is 14.7 Å². The molecular weight excluding hydrogens is 260 g/mol. The summed E-state index contributed by atoms with van der Waals surface area (Å²) in [7, 11) is 0. The first-order valence-corrected chi connectivity index (χ1v) is 7.25. The minimum Gasteiger partial charge on any atom is -0.480 e. The summed E-state index contributed by atoms with van der Waals surface area (Å²) in [5, 5.41) is 21.2. The molecule has 0 spiro atoms. The number of aliphatic hydroxyl groups excluding tert-OH is 1. The average Bonchev–Trinajstić information content (AvgIpc) is 2.38. The molecule has 20 heavy (non-hydrogen) atoms. The summed E-state index contributed by atoms with van der Waals surface area (Å²) in [4.78, 5) is 25.3. The van der Waals surface area contributed by atoms with Crippen LogP contribution in [0.1, 0.15) is 46.5 Å². The molecule has 0 unspecified atom stereocenters. The fourth-order valence-corrected chi connectivity index (χ4v) is 2.63. The maximum absolute atomic E-state index is 12.3. The van der Waals surface area contributed by atoms with Crippen molar-refractivity contribution in [2.45, 2.75) is 58.0 Å². The van der Waals surface area contributed by atoms with Gasteiger partial charge in [0, 0.05) is 12.6 Å². The topological polar surface area (TPSA) is 89.9 Å². The van der Waals surface area contributed by atoms with Gasteiger partial charge in [-0.15, -0.1) is 0 Å². The van der Waals surface area contributed by atoms with Crippen LogP contribution in [-0.2, 0) is 4.79 Å². The molecule has 1 aliphatic rings. The molecule has 0 aromatic rings. The molecule has 2 amide bonds. The van der Waals surface area contributed by atoms with Crippen molar-refractivity contribution in [3.8, 4) is 0 Å². The highest BCUT2D eigenvalue weighted by Gasteiger charge is 2.43. The van der Waals surface area contributed by atoms with Crippen LogP contribution < -0.4 is 5.32 Å². The average molecular weight is 286 g/mol. The summed E-state index contributed by atoms with van der Waals surface area (Å²) >= 11 is 0. The van der Waals surface area contributed by atoms with Crippen molar-refractivity contribution in [2.24, 2.45) is 5.92 Å². The Hall–Kier alpha value is -1.30. The molecule has 0 aromatic carbocycles. The molecule has 1 saturated carbocycles.